The van der Waals surface area contributed by atoms with Crippen molar-refractivity contribution in [1.82, 2.24) is 24.8 Å². The second kappa shape index (κ2) is 10.4. The molecule has 0 spiro atoms. The van der Waals surface area contributed by atoms with Crippen LogP contribution in [-0.4, -0.2) is 56.7 Å². The lowest BCUT2D eigenvalue weighted by Gasteiger charge is -2.40. The highest BCUT2D eigenvalue weighted by molar-refractivity contribution is 5.95. The van der Waals surface area contributed by atoms with Crippen molar-refractivity contribution >= 4 is 22.3 Å². The summed E-state index contributed by atoms with van der Waals surface area (Å²) in [5.74, 6) is 1.11. The van der Waals surface area contributed by atoms with Gasteiger partial charge in [-0.15, -0.1) is 0 Å². The van der Waals surface area contributed by atoms with Crippen LogP contribution in [0.3, 0.4) is 0 Å². The first kappa shape index (κ1) is 23.8. The molecule has 4 aromatic rings. The Hall–Kier alpha value is -3.62. The van der Waals surface area contributed by atoms with Crippen LogP contribution in [0.2, 0.25) is 0 Å². The highest BCUT2D eigenvalue weighted by atomic mass is 16.5. The molecule has 37 heavy (non-hydrogen) atoms. The summed E-state index contributed by atoms with van der Waals surface area (Å²) >= 11 is 0. The fourth-order valence-corrected chi connectivity index (χ4v) is 5.81. The lowest BCUT2D eigenvalue weighted by molar-refractivity contribution is -0.0400. The molecule has 1 aliphatic heterocycles. The number of hydrogen-bond donors (Lipinski definition) is 2. The Labute approximate surface area is 216 Å². The van der Waals surface area contributed by atoms with Gasteiger partial charge in [0.2, 0.25) is 0 Å². The highest BCUT2D eigenvalue weighted by Gasteiger charge is 2.29. The molecule has 6 rings (SSSR count). The summed E-state index contributed by atoms with van der Waals surface area (Å²) < 4.78 is 5.73. The quantitative estimate of drug-likeness (QED) is 0.407. The molecule has 0 radical (unpaired) electrons. The number of pyridine rings is 2. The van der Waals surface area contributed by atoms with E-state index in [1.807, 2.05) is 12.1 Å². The van der Waals surface area contributed by atoms with E-state index in [2.05, 4.69) is 56.4 Å². The maximum absolute atomic E-state index is 12.7. The molecule has 1 saturated heterocycles. The molecule has 190 valence electrons. The minimum Gasteiger partial charge on any atom is -0.376 e. The summed E-state index contributed by atoms with van der Waals surface area (Å²) in [4.78, 5) is 31.1. The molecule has 3 aromatic heterocycles. The van der Waals surface area contributed by atoms with Crippen LogP contribution in [0, 0.1) is 0 Å². The minimum absolute atomic E-state index is 0.175. The van der Waals surface area contributed by atoms with E-state index in [0.717, 1.165) is 36.3 Å². The van der Waals surface area contributed by atoms with Gasteiger partial charge in [0.05, 0.1) is 23.8 Å². The third-order valence-corrected chi connectivity index (χ3v) is 7.74. The van der Waals surface area contributed by atoms with E-state index in [1.165, 1.54) is 37.6 Å². The fraction of sp³-hybridized carbons (Fsp3) is 0.379. The number of rotatable bonds is 5. The number of morpholine rings is 1. The van der Waals surface area contributed by atoms with E-state index < -0.39 is 0 Å². The molecule has 1 aliphatic carbocycles. The Morgan fingerprint density at radius 2 is 1.84 bits per heavy atom. The number of nitrogens with one attached hydrogen (secondary N) is 2. The zero-order valence-corrected chi connectivity index (χ0v) is 21.1. The van der Waals surface area contributed by atoms with Crippen LogP contribution in [0.4, 0.5) is 11.5 Å². The Kier molecular flexibility index (Phi) is 6.68. The third kappa shape index (κ3) is 5.12. The third-order valence-electron chi connectivity index (χ3n) is 7.74. The Morgan fingerprint density at radius 3 is 2.59 bits per heavy atom. The predicted molar refractivity (Wildman–Crippen MR) is 145 cm³/mol. The number of hydrogen-bond acceptors (Lipinski definition) is 7. The first-order valence-electron chi connectivity index (χ1n) is 13.1. The Morgan fingerprint density at radius 1 is 1.05 bits per heavy atom. The van der Waals surface area contributed by atoms with Crippen molar-refractivity contribution in [3.8, 4) is 11.3 Å². The van der Waals surface area contributed by atoms with Crippen molar-refractivity contribution < 1.29 is 4.74 Å². The summed E-state index contributed by atoms with van der Waals surface area (Å²) in [5.41, 5.74) is 3.62. The van der Waals surface area contributed by atoms with Crippen LogP contribution in [0.5, 0.6) is 0 Å². The summed E-state index contributed by atoms with van der Waals surface area (Å²) in [6, 6.07) is 13.1. The van der Waals surface area contributed by atoms with Gasteiger partial charge >= 0.3 is 0 Å². The van der Waals surface area contributed by atoms with E-state index in [9.17, 15) is 4.79 Å². The van der Waals surface area contributed by atoms with E-state index in [4.69, 9.17) is 9.72 Å². The molecule has 2 N–H and O–H groups in total. The summed E-state index contributed by atoms with van der Waals surface area (Å²) in [6.07, 6.45) is 11.8. The smallest absolute Gasteiger partial charge is 0.259 e. The number of ether oxygens (including phenoxy) is 1. The minimum atomic E-state index is -0.175. The Bertz CT molecular complexity index is 1410. The van der Waals surface area contributed by atoms with Gasteiger partial charge in [-0.05, 0) is 73.7 Å². The number of aromatic amines is 1. The largest absolute Gasteiger partial charge is 0.376 e. The van der Waals surface area contributed by atoms with Crippen molar-refractivity contribution in [2.45, 2.75) is 50.7 Å². The van der Waals surface area contributed by atoms with Gasteiger partial charge < -0.3 is 15.0 Å². The van der Waals surface area contributed by atoms with Crippen molar-refractivity contribution in [3.05, 3.63) is 77.2 Å². The van der Waals surface area contributed by atoms with Crippen LogP contribution < -0.4 is 10.9 Å². The van der Waals surface area contributed by atoms with E-state index >= 15 is 0 Å². The second-order valence-electron chi connectivity index (χ2n) is 10.2. The zero-order chi connectivity index (χ0) is 25.2. The highest BCUT2D eigenvalue weighted by Crippen LogP contribution is 2.36. The monoisotopic (exact) mass is 496 g/mol. The van der Waals surface area contributed by atoms with E-state index in [-0.39, 0.29) is 5.56 Å². The molecule has 0 bridgehead atoms. The zero-order valence-electron chi connectivity index (χ0n) is 21.1. The molecule has 1 aromatic carbocycles. The number of benzene rings is 1. The van der Waals surface area contributed by atoms with Crippen LogP contribution in [-0.2, 0) is 4.74 Å². The first-order chi connectivity index (χ1) is 18.1. The maximum Gasteiger partial charge on any atom is 0.259 e. The van der Waals surface area contributed by atoms with Gasteiger partial charge in [0.1, 0.15) is 12.1 Å². The molecular formula is C29H32N6O2. The molecule has 8 nitrogen and oxygen atoms in total. The number of nitrogens with zero attached hydrogens (tertiary/aromatic N) is 4. The van der Waals surface area contributed by atoms with Gasteiger partial charge in [-0.1, -0.05) is 12.1 Å². The van der Waals surface area contributed by atoms with Crippen LogP contribution in [0.25, 0.3) is 22.0 Å². The van der Waals surface area contributed by atoms with Crippen LogP contribution in [0.1, 0.15) is 44.1 Å². The normalized spacial score (nSPS) is 22.7. The molecule has 2 aliphatic rings. The number of anilines is 2. The van der Waals surface area contributed by atoms with Crippen molar-refractivity contribution in [3.63, 3.8) is 0 Å². The standard InChI is InChI=1S/C29H32N6O2/c1-19-17-35(12-13-37-19)25-8-4-21(5-9-25)20-2-6-24(7-3-20)33-28-27-22(10-11-32-29(27)36)14-26(34-28)23-15-30-18-31-16-23/h2-3,6-7,10-11,14-16,18-19,21,25H,4-5,8-9,12-13,17H2,1H3,(H,32,36)(H,33,34)/t19-,21?,25?/m1/s1. The molecule has 1 saturated carbocycles. The van der Waals surface area contributed by atoms with E-state index in [1.54, 1.807) is 18.6 Å². The van der Waals surface area contributed by atoms with Gasteiger partial charge in [-0.2, -0.15) is 0 Å². The van der Waals surface area contributed by atoms with Gasteiger partial charge in [-0.25, -0.2) is 15.0 Å². The fourth-order valence-electron chi connectivity index (χ4n) is 5.81. The molecule has 0 unspecified atom stereocenters. The summed E-state index contributed by atoms with van der Waals surface area (Å²) in [7, 11) is 0. The first-order valence-corrected chi connectivity index (χ1v) is 13.1. The van der Waals surface area contributed by atoms with Crippen molar-refractivity contribution in [2.75, 3.05) is 25.0 Å². The van der Waals surface area contributed by atoms with E-state index in [0.29, 0.717) is 35.0 Å². The van der Waals surface area contributed by atoms with Gasteiger partial charge in [0.25, 0.3) is 5.56 Å². The SMILES string of the molecule is C[C@@H]1CN(C2CCC(c3ccc(Nc4nc(-c5cncnc5)cc5cc[nH]c(=O)c45)cc3)CC2)CCO1. The molecular weight excluding hydrogens is 464 g/mol. The van der Waals surface area contributed by atoms with Crippen LogP contribution >= 0.6 is 0 Å². The predicted octanol–water partition coefficient (Wildman–Crippen LogP) is 4.87. The molecule has 0 amide bonds. The topological polar surface area (TPSA) is 96.0 Å². The van der Waals surface area contributed by atoms with Crippen molar-refractivity contribution in [2.24, 2.45) is 0 Å². The summed E-state index contributed by atoms with van der Waals surface area (Å²) in [6.45, 7) is 5.14. The van der Waals surface area contributed by atoms with Gasteiger partial charge in [0.15, 0.2) is 0 Å². The molecule has 2 fully saturated rings. The average Bonchev–Trinajstić information content (AvgIpc) is 2.94. The van der Waals surface area contributed by atoms with Crippen molar-refractivity contribution in [1.29, 1.82) is 0 Å². The number of fused-ring (bicyclic) bond motifs is 1. The lowest BCUT2D eigenvalue weighted by Crippen LogP contribution is -2.47. The molecule has 8 heteroatoms. The van der Waals surface area contributed by atoms with Gasteiger partial charge in [-0.3, -0.25) is 9.69 Å². The maximum atomic E-state index is 12.7. The molecule has 4 heterocycles. The average molecular weight is 497 g/mol. The molecule has 1 atom stereocenters. The number of aromatic nitrogens is 4. The van der Waals surface area contributed by atoms with Gasteiger partial charge in [0, 0.05) is 49.0 Å². The Balaban J connectivity index is 1.19. The number of H-pyrrole nitrogens is 1. The van der Waals surface area contributed by atoms with Crippen LogP contribution in [0.15, 0.2) is 66.1 Å². The lowest BCUT2D eigenvalue weighted by atomic mass is 9.81. The second-order valence-corrected chi connectivity index (χ2v) is 10.2. The summed E-state index contributed by atoms with van der Waals surface area (Å²) in [5, 5.41) is 4.73.